The summed E-state index contributed by atoms with van der Waals surface area (Å²) < 4.78 is 5.30. The lowest BCUT2D eigenvalue weighted by Crippen LogP contribution is -2.49. The molecule has 0 aromatic heterocycles. The number of ether oxygens (including phenoxy) is 1. The first-order valence-corrected chi connectivity index (χ1v) is 10.9. The fourth-order valence-electron chi connectivity index (χ4n) is 3.04. The van der Waals surface area contributed by atoms with Crippen LogP contribution in [0.15, 0.2) is 53.4 Å². The first-order valence-electron chi connectivity index (χ1n) is 9.88. The van der Waals surface area contributed by atoms with Crippen molar-refractivity contribution in [2.24, 2.45) is 0 Å². The highest BCUT2D eigenvalue weighted by Crippen LogP contribution is 2.22. The lowest BCUT2D eigenvalue weighted by Gasteiger charge is -2.30. The molecule has 156 valence electrons. The number of amides is 2. The summed E-state index contributed by atoms with van der Waals surface area (Å²) in [6.45, 7) is 6.74. The van der Waals surface area contributed by atoms with Gasteiger partial charge in [0.05, 0.1) is 12.9 Å². The maximum atomic E-state index is 13.1. The summed E-state index contributed by atoms with van der Waals surface area (Å²) in [6, 6.07) is 15.2. The Labute approximate surface area is 177 Å². The van der Waals surface area contributed by atoms with Crippen molar-refractivity contribution in [3.8, 4) is 5.75 Å². The van der Waals surface area contributed by atoms with Gasteiger partial charge in [-0.3, -0.25) is 9.59 Å². The van der Waals surface area contributed by atoms with Gasteiger partial charge in [-0.05, 0) is 50.1 Å². The Kier molecular flexibility index (Phi) is 9.06. The summed E-state index contributed by atoms with van der Waals surface area (Å²) in [5, 5.41) is 2.86. The second-order valence-electron chi connectivity index (χ2n) is 6.79. The summed E-state index contributed by atoms with van der Waals surface area (Å²) in [5.41, 5.74) is 2.11. The number of carbonyl (C=O) groups excluding carboxylic acids is 2. The van der Waals surface area contributed by atoms with Crippen molar-refractivity contribution in [2.45, 2.75) is 44.7 Å². The third-order valence-electron chi connectivity index (χ3n) is 4.61. The average molecular weight is 415 g/mol. The minimum absolute atomic E-state index is 0.0588. The zero-order valence-corrected chi connectivity index (χ0v) is 18.4. The number of aryl methyl sites for hydroxylation is 1. The van der Waals surface area contributed by atoms with Crippen LogP contribution >= 0.6 is 11.8 Å². The SMILES string of the molecule is CCNC(=O)[C@H](CC)N(Cc1cccc(OC)c1)C(=O)CSc1ccc(C)cc1. The summed E-state index contributed by atoms with van der Waals surface area (Å²) in [5.74, 6) is 0.834. The average Bonchev–Trinajstić information content (AvgIpc) is 2.73. The molecule has 0 fully saturated rings. The van der Waals surface area contributed by atoms with Crippen molar-refractivity contribution in [2.75, 3.05) is 19.4 Å². The number of likely N-dealkylation sites (N-methyl/N-ethyl adjacent to an activating group) is 1. The predicted octanol–water partition coefficient (Wildman–Crippen LogP) is 4.04. The molecule has 0 spiro atoms. The van der Waals surface area contributed by atoms with E-state index in [0.717, 1.165) is 16.2 Å². The molecule has 2 amide bonds. The van der Waals surface area contributed by atoms with Crippen LogP contribution in [0.3, 0.4) is 0 Å². The van der Waals surface area contributed by atoms with Crippen LogP contribution in [0.1, 0.15) is 31.4 Å². The van der Waals surface area contributed by atoms with Crippen LogP contribution in [0, 0.1) is 6.92 Å². The Bertz CT molecular complexity index is 808. The van der Waals surface area contributed by atoms with Crippen LogP contribution < -0.4 is 10.1 Å². The van der Waals surface area contributed by atoms with Crippen molar-refractivity contribution < 1.29 is 14.3 Å². The largest absolute Gasteiger partial charge is 0.497 e. The smallest absolute Gasteiger partial charge is 0.242 e. The topological polar surface area (TPSA) is 58.6 Å². The van der Waals surface area contributed by atoms with E-state index in [0.29, 0.717) is 19.5 Å². The third-order valence-corrected chi connectivity index (χ3v) is 5.60. The van der Waals surface area contributed by atoms with Gasteiger partial charge in [-0.15, -0.1) is 11.8 Å². The number of hydrogen-bond donors (Lipinski definition) is 1. The molecule has 0 aliphatic carbocycles. The fourth-order valence-corrected chi connectivity index (χ4v) is 3.83. The zero-order chi connectivity index (χ0) is 21.2. The fraction of sp³-hybridized carbons (Fsp3) is 0.391. The molecule has 0 saturated carbocycles. The molecule has 2 rings (SSSR count). The third kappa shape index (κ3) is 6.82. The molecule has 1 atom stereocenters. The second-order valence-corrected chi connectivity index (χ2v) is 7.84. The van der Waals surface area contributed by atoms with Gasteiger partial charge in [0, 0.05) is 18.0 Å². The minimum atomic E-state index is -0.507. The summed E-state index contributed by atoms with van der Waals surface area (Å²) in [7, 11) is 1.61. The van der Waals surface area contributed by atoms with Crippen LogP contribution in [0.2, 0.25) is 0 Å². The number of thioether (sulfide) groups is 1. The minimum Gasteiger partial charge on any atom is -0.497 e. The predicted molar refractivity (Wildman–Crippen MR) is 118 cm³/mol. The summed E-state index contributed by atoms with van der Waals surface area (Å²) in [4.78, 5) is 28.5. The second kappa shape index (κ2) is 11.5. The van der Waals surface area contributed by atoms with Gasteiger partial charge in [-0.25, -0.2) is 0 Å². The molecule has 0 unspecified atom stereocenters. The Hall–Kier alpha value is -2.47. The number of hydrogen-bond acceptors (Lipinski definition) is 4. The van der Waals surface area contributed by atoms with Gasteiger partial charge in [0.2, 0.25) is 11.8 Å². The molecule has 2 aromatic carbocycles. The van der Waals surface area contributed by atoms with Gasteiger partial charge in [0.25, 0.3) is 0 Å². The van der Waals surface area contributed by atoms with E-state index < -0.39 is 6.04 Å². The molecule has 0 bridgehead atoms. The van der Waals surface area contributed by atoms with E-state index >= 15 is 0 Å². The van der Waals surface area contributed by atoms with Crippen molar-refractivity contribution in [3.05, 3.63) is 59.7 Å². The van der Waals surface area contributed by atoms with Gasteiger partial charge >= 0.3 is 0 Å². The van der Waals surface area contributed by atoms with Gasteiger partial charge in [-0.2, -0.15) is 0 Å². The molecule has 29 heavy (non-hydrogen) atoms. The molecule has 0 radical (unpaired) electrons. The lowest BCUT2D eigenvalue weighted by atomic mass is 10.1. The van der Waals surface area contributed by atoms with Crippen LogP contribution in [0.5, 0.6) is 5.75 Å². The first kappa shape index (κ1) is 22.8. The maximum absolute atomic E-state index is 13.1. The standard InChI is InChI=1S/C23H30N2O3S/c1-5-21(23(27)24-6-2)25(15-18-8-7-9-19(14-18)28-4)22(26)16-29-20-12-10-17(3)11-13-20/h7-14,21H,5-6,15-16H2,1-4H3,(H,24,27)/t21-/m0/s1. The molecule has 2 aromatic rings. The Morgan fingerprint density at radius 3 is 2.48 bits per heavy atom. The monoisotopic (exact) mass is 414 g/mol. The van der Waals surface area contributed by atoms with E-state index in [-0.39, 0.29) is 17.6 Å². The molecule has 0 heterocycles. The van der Waals surface area contributed by atoms with E-state index in [4.69, 9.17) is 4.74 Å². The summed E-state index contributed by atoms with van der Waals surface area (Å²) in [6.07, 6.45) is 0.552. The normalized spacial score (nSPS) is 11.6. The lowest BCUT2D eigenvalue weighted by molar-refractivity contribution is -0.139. The van der Waals surface area contributed by atoms with Crippen molar-refractivity contribution >= 4 is 23.6 Å². The van der Waals surface area contributed by atoms with Gasteiger partial charge in [0.15, 0.2) is 0 Å². The van der Waals surface area contributed by atoms with E-state index in [1.165, 1.54) is 17.3 Å². The van der Waals surface area contributed by atoms with Gasteiger partial charge in [-0.1, -0.05) is 36.8 Å². The highest BCUT2D eigenvalue weighted by molar-refractivity contribution is 8.00. The maximum Gasteiger partial charge on any atom is 0.242 e. The molecule has 0 aliphatic heterocycles. The number of benzene rings is 2. The van der Waals surface area contributed by atoms with Crippen LogP contribution in [-0.4, -0.2) is 42.2 Å². The Balaban J connectivity index is 2.20. The van der Waals surface area contributed by atoms with Crippen LogP contribution in [0.25, 0.3) is 0 Å². The van der Waals surface area contributed by atoms with Gasteiger partial charge < -0.3 is 15.0 Å². The first-order chi connectivity index (χ1) is 14.0. The van der Waals surface area contributed by atoms with Crippen LogP contribution in [-0.2, 0) is 16.1 Å². The molecular formula is C23H30N2O3S. The quantitative estimate of drug-likeness (QED) is 0.596. The van der Waals surface area contributed by atoms with Crippen molar-refractivity contribution in [1.82, 2.24) is 10.2 Å². The molecule has 5 nitrogen and oxygen atoms in total. The van der Waals surface area contributed by atoms with E-state index in [9.17, 15) is 9.59 Å². The molecule has 0 saturated heterocycles. The number of rotatable bonds is 10. The number of methoxy groups -OCH3 is 1. The molecular weight excluding hydrogens is 384 g/mol. The van der Waals surface area contributed by atoms with Crippen molar-refractivity contribution in [3.63, 3.8) is 0 Å². The summed E-state index contributed by atoms with van der Waals surface area (Å²) >= 11 is 1.49. The molecule has 6 heteroatoms. The number of carbonyl (C=O) groups is 2. The number of nitrogens with zero attached hydrogens (tertiary/aromatic N) is 1. The highest BCUT2D eigenvalue weighted by Gasteiger charge is 2.28. The Morgan fingerprint density at radius 1 is 1.14 bits per heavy atom. The molecule has 0 aliphatic rings. The number of nitrogens with one attached hydrogen (secondary N) is 1. The van der Waals surface area contributed by atoms with Crippen LogP contribution in [0.4, 0.5) is 0 Å². The van der Waals surface area contributed by atoms with E-state index in [2.05, 4.69) is 5.32 Å². The van der Waals surface area contributed by atoms with E-state index in [1.807, 2.05) is 69.3 Å². The molecule has 1 N–H and O–H groups in total. The highest BCUT2D eigenvalue weighted by atomic mass is 32.2. The Morgan fingerprint density at radius 2 is 1.86 bits per heavy atom. The van der Waals surface area contributed by atoms with Crippen molar-refractivity contribution in [1.29, 1.82) is 0 Å². The zero-order valence-electron chi connectivity index (χ0n) is 17.6. The van der Waals surface area contributed by atoms with E-state index in [1.54, 1.807) is 12.0 Å². The van der Waals surface area contributed by atoms with Gasteiger partial charge in [0.1, 0.15) is 11.8 Å².